The van der Waals surface area contributed by atoms with E-state index in [1.807, 2.05) is 6.92 Å². The summed E-state index contributed by atoms with van der Waals surface area (Å²) in [6.07, 6.45) is 0.346. The molecule has 18 heavy (non-hydrogen) atoms. The quantitative estimate of drug-likeness (QED) is 0.939. The van der Waals surface area contributed by atoms with Crippen LogP contribution in [0.4, 0.5) is 4.39 Å². The number of rotatable bonds is 4. The van der Waals surface area contributed by atoms with E-state index in [1.54, 1.807) is 6.07 Å². The molecular weight excluding hydrogens is 275 g/mol. The fourth-order valence-electron chi connectivity index (χ4n) is 1.70. The molecule has 0 aliphatic rings. The first-order valence-electron chi connectivity index (χ1n) is 5.55. The molecule has 0 bridgehead atoms. The number of halogens is 2. The number of hydrogen-bond donors (Lipinski definition) is 1. The zero-order valence-corrected chi connectivity index (χ0v) is 11.3. The Morgan fingerprint density at radius 2 is 2.28 bits per heavy atom. The number of nitrogens with zero attached hydrogens (tertiary/aromatic N) is 2. The molecule has 6 heteroatoms. The van der Waals surface area contributed by atoms with Crippen molar-refractivity contribution in [1.82, 2.24) is 9.59 Å². The first-order chi connectivity index (χ1) is 8.61. The third-order valence-corrected chi connectivity index (χ3v) is 3.87. The lowest BCUT2D eigenvalue weighted by molar-refractivity contribution is 0.181. The summed E-state index contributed by atoms with van der Waals surface area (Å²) in [5, 5.41) is 14.4. The van der Waals surface area contributed by atoms with Gasteiger partial charge in [-0.2, -0.15) is 0 Å². The molecule has 96 valence electrons. The smallest absolute Gasteiger partial charge is 0.124 e. The average Bonchev–Trinajstić information content (AvgIpc) is 2.81. The van der Waals surface area contributed by atoms with Crippen molar-refractivity contribution in [1.29, 1.82) is 0 Å². The van der Waals surface area contributed by atoms with Crippen molar-refractivity contribution < 1.29 is 9.50 Å². The molecule has 0 spiro atoms. The summed E-state index contributed by atoms with van der Waals surface area (Å²) in [5.74, 6) is -0.382. The van der Waals surface area contributed by atoms with Crippen LogP contribution in [0.1, 0.15) is 29.2 Å². The highest BCUT2D eigenvalue weighted by Crippen LogP contribution is 2.27. The molecule has 1 aromatic carbocycles. The van der Waals surface area contributed by atoms with Crippen LogP contribution in [0.15, 0.2) is 18.2 Å². The van der Waals surface area contributed by atoms with E-state index in [0.29, 0.717) is 17.0 Å². The number of aliphatic hydroxyl groups excluding tert-OH is 1. The van der Waals surface area contributed by atoms with Gasteiger partial charge in [0.1, 0.15) is 5.82 Å². The second kappa shape index (κ2) is 5.73. The van der Waals surface area contributed by atoms with Gasteiger partial charge in [0.05, 0.1) is 16.7 Å². The van der Waals surface area contributed by atoms with Crippen molar-refractivity contribution in [2.45, 2.75) is 25.9 Å². The average molecular weight is 287 g/mol. The molecule has 0 fully saturated rings. The SMILES string of the molecule is CCc1nnsc1C(O)Cc1ccc(F)cc1Cl. The summed E-state index contributed by atoms with van der Waals surface area (Å²) in [4.78, 5) is 0.748. The van der Waals surface area contributed by atoms with Crippen LogP contribution >= 0.6 is 23.1 Å². The molecular formula is C12H12ClFN2OS. The number of hydrogen-bond acceptors (Lipinski definition) is 4. The molecule has 0 aliphatic heterocycles. The van der Waals surface area contributed by atoms with Crippen molar-refractivity contribution in [3.05, 3.63) is 45.2 Å². The lowest BCUT2D eigenvalue weighted by Crippen LogP contribution is -2.03. The predicted molar refractivity (Wildman–Crippen MR) is 69.4 cm³/mol. The van der Waals surface area contributed by atoms with Crippen LogP contribution in [0.2, 0.25) is 5.02 Å². The molecule has 1 N–H and O–H groups in total. The number of aryl methyl sites for hydroxylation is 1. The molecule has 0 saturated heterocycles. The number of aliphatic hydroxyl groups is 1. The minimum Gasteiger partial charge on any atom is -0.387 e. The lowest BCUT2D eigenvalue weighted by Gasteiger charge is -2.10. The largest absolute Gasteiger partial charge is 0.387 e. The molecule has 1 aromatic heterocycles. The Kier molecular flexibility index (Phi) is 4.27. The Labute approximate surface area is 113 Å². The van der Waals surface area contributed by atoms with E-state index in [4.69, 9.17) is 11.6 Å². The minimum absolute atomic E-state index is 0.324. The van der Waals surface area contributed by atoms with Crippen molar-refractivity contribution in [3.8, 4) is 0 Å². The molecule has 1 atom stereocenters. The maximum absolute atomic E-state index is 12.9. The highest BCUT2D eigenvalue weighted by molar-refractivity contribution is 7.05. The summed E-state index contributed by atoms with van der Waals surface area (Å²) in [6, 6.07) is 4.16. The number of aromatic nitrogens is 2. The van der Waals surface area contributed by atoms with E-state index in [-0.39, 0.29) is 5.82 Å². The van der Waals surface area contributed by atoms with Crippen molar-refractivity contribution in [2.24, 2.45) is 0 Å². The van der Waals surface area contributed by atoms with Gasteiger partial charge in [0.2, 0.25) is 0 Å². The minimum atomic E-state index is -0.706. The molecule has 0 amide bonds. The van der Waals surface area contributed by atoms with Crippen LogP contribution in [0, 0.1) is 5.82 Å². The topological polar surface area (TPSA) is 46.0 Å². The first-order valence-corrected chi connectivity index (χ1v) is 6.70. The van der Waals surface area contributed by atoms with E-state index < -0.39 is 6.10 Å². The molecule has 0 aliphatic carbocycles. The Hall–Kier alpha value is -1.04. The van der Waals surface area contributed by atoms with Gasteiger partial charge in [0, 0.05) is 11.4 Å². The Balaban J connectivity index is 2.18. The first kappa shape index (κ1) is 13.4. The molecule has 1 unspecified atom stereocenters. The second-order valence-electron chi connectivity index (χ2n) is 3.89. The fourth-order valence-corrected chi connectivity index (χ4v) is 2.67. The molecule has 0 saturated carbocycles. The van der Waals surface area contributed by atoms with Crippen LogP contribution in [0.3, 0.4) is 0 Å². The predicted octanol–water partition coefficient (Wildman–Crippen LogP) is 3.17. The molecule has 2 aromatic rings. The van der Waals surface area contributed by atoms with Crippen molar-refractivity contribution in [3.63, 3.8) is 0 Å². The zero-order valence-electron chi connectivity index (χ0n) is 9.73. The van der Waals surface area contributed by atoms with Crippen molar-refractivity contribution >= 4 is 23.1 Å². The van der Waals surface area contributed by atoms with Gasteiger partial charge in [-0.25, -0.2) is 4.39 Å². The molecule has 3 nitrogen and oxygen atoms in total. The maximum Gasteiger partial charge on any atom is 0.124 e. The fraction of sp³-hybridized carbons (Fsp3) is 0.333. The Morgan fingerprint density at radius 1 is 1.50 bits per heavy atom. The van der Waals surface area contributed by atoms with E-state index in [9.17, 15) is 9.50 Å². The van der Waals surface area contributed by atoms with Gasteiger partial charge >= 0.3 is 0 Å². The van der Waals surface area contributed by atoms with Gasteiger partial charge in [0.15, 0.2) is 0 Å². The maximum atomic E-state index is 12.9. The molecule has 2 rings (SSSR count). The van der Waals surface area contributed by atoms with Gasteiger partial charge in [-0.15, -0.1) is 5.10 Å². The monoisotopic (exact) mass is 286 g/mol. The second-order valence-corrected chi connectivity index (χ2v) is 5.09. The summed E-state index contributed by atoms with van der Waals surface area (Å²) in [5.41, 5.74) is 1.51. The normalized spacial score (nSPS) is 12.7. The molecule has 1 heterocycles. The summed E-state index contributed by atoms with van der Waals surface area (Å²) < 4.78 is 16.7. The van der Waals surface area contributed by atoms with Crippen LogP contribution < -0.4 is 0 Å². The van der Waals surface area contributed by atoms with E-state index >= 15 is 0 Å². The number of benzene rings is 1. The van der Waals surface area contributed by atoms with E-state index in [2.05, 4.69) is 9.59 Å². The van der Waals surface area contributed by atoms with Gasteiger partial charge in [-0.05, 0) is 35.6 Å². The van der Waals surface area contributed by atoms with Crippen molar-refractivity contribution in [2.75, 3.05) is 0 Å². The zero-order chi connectivity index (χ0) is 13.1. The third-order valence-electron chi connectivity index (χ3n) is 2.65. The van der Waals surface area contributed by atoms with Gasteiger partial charge in [-0.1, -0.05) is 29.1 Å². The van der Waals surface area contributed by atoms with E-state index in [0.717, 1.165) is 17.0 Å². The highest BCUT2D eigenvalue weighted by atomic mass is 35.5. The van der Waals surface area contributed by atoms with E-state index in [1.165, 1.54) is 23.7 Å². The van der Waals surface area contributed by atoms with Crippen LogP contribution in [0.5, 0.6) is 0 Å². The van der Waals surface area contributed by atoms with Crippen LogP contribution in [-0.4, -0.2) is 14.7 Å². The van der Waals surface area contributed by atoms with Crippen LogP contribution in [-0.2, 0) is 12.8 Å². The van der Waals surface area contributed by atoms with Gasteiger partial charge < -0.3 is 5.11 Å². The Bertz CT molecular complexity index is 547. The van der Waals surface area contributed by atoms with Gasteiger partial charge in [-0.3, -0.25) is 0 Å². The standard InChI is InChI=1S/C12H12ClFN2OS/c1-2-10-12(18-16-15-10)11(17)5-7-3-4-8(14)6-9(7)13/h3-4,6,11,17H,2,5H2,1H3. The van der Waals surface area contributed by atoms with Gasteiger partial charge in [0.25, 0.3) is 0 Å². The molecule has 0 radical (unpaired) electrons. The summed E-state index contributed by atoms with van der Waals surface area (Å²) in [6.45, 7) is 1.96. The highest BCUT2D eigenvalue weighted by Gasteiger charge is 2.17. The summed E-state index contributed by atoms with van der Waals surface area (Å²) >= 11 is 7.11. The van der Waals surface area contributed by atoms with Crippen LogP contribution in [0.25, 0.3) is 0 Å². The summed E-state index contributed by atoms with van der Waals surface area (Å²) in [7, 11) is 0. The third kappa shape index (κ3) is 2.85. The Morgan fingerprint density at radius 3 is 2.94 bits per heavy atom. The lowest BCUT2D eigenvalue weighted by atomic mass is 10.1.